The third-order valence-corrected chi connectivity index (χ3v) is 6.87. The summed E-state index contributed by atoms with van der Waals surface area (Å²) in [5, 5.41) is 0. The lowest BCUT2D eigenvalue weighted by Gasteiger charge is -2.26. The average molecular weight is 440 g/mol. The second kappa shape index (κ2) is 7.89. The van der Waals surface area contributed by atoms with E-state index in [0.29, 0.717) is 27.8 Å². The highest BCUT2D eigenvalue weighted by molar-refractivity contribution is 6.43. The van der Waals surface area contributed by atoms with Crippen LogP contribution in [-0.2, 0) is 0 Å². The van der Waals surface area contributed by atoms with Crippen molar-refractivity contribution in [3.8, 4) is 0 Å². The first-order valence-corrected chi connectivity index (χ1v) is 11.3. The number of hydrogen-bond donors (Lipinski definition) is 0. The van der Waals surface area contributed by atoms with E-state index in [4.69, 9.17) is 0 Å². The van der Waals surface area contributed by atoms with E-state index in [2.05, 4.69) is 0 Å². The molecule has 1 unspecified atom stereocenters. The molecule has 0 fully saturated rings. The van der Waals surface area contributed by atoms with Gasteiger partial charge in [0.05, 0.1) is 11.5 Å². The molecular weight excluding hydrogens is 420 g/mol. The van der Waals surface area contributed by atoms with Gasteiger partial charge in [-0.1, -0.05) is 109 Å². The fourth-order valence-electron chi connectivity index (χ4n) is 5.40. The standard InChI is InChI=1S/C31H20O3/c32-29-22-16-8-7-15-21(22)26(28-30(33)23-17-9-10-18-24(23)31(28)34)27(29)25(19-11-3-1-4-12-19)20-13-5-2-6-14-20/h1-18,25,27H. The normalized spacial score (nSPS) is 16.9. The molecule has 6 rings (SSSR count). The van der Waals surface area contributed by atoms with Crippen LogP contribution in [0.5, 0.6) is 0 Å². The van der Waals surface area contributed by atoms with Crippen LogP contribution in [0.4, 0.5) is 0 Å². The topological polar surface area (TPSA) is 51.2 Å². The van der Waals surface area contributed by atoms with Crippen molar-refractivity contribution >= 4 is 22.9 Å². The molecule has 3 heteroatoms. The first-order valence-electron chi connectivity index (χ1n) is 11.3. The summed E-state index contributed by atoms with van der Waals surface area (Å²) in [6, 6.07) is 33.9. The lowest BCUT2D eigenvalue weighted by molar-refractivity contribution is 0.0950. The lowest BCUT2D eigenvalue weighted by atomic mass is 9.75. The minimum Gasteiger partial charge on any atom is -0.293 e. The smallest absolute Gasteiger partial charge is 0.198 e. The maximum absolute atomic E-state index is 14.0. The molecule has 0 bridgehead atoms. The Morgan fingerprint density at radius 2 is 0.882 bits per heavy atom. The van der Waals surface area contributed by atoms with E-state index in [1.54, 1.807) is 30.3 Å². The van der Waals surface area contributed by atoms with Gasteiger partial charge in [0.25, 0.3) is 0 Å². The molecule has 2 aliphatic rings. The molecule has 0 N–H and O–H groups in total. The summed E-state index contributed by atoms with van der Waals surface area (Å²) in [5.41, 5.74) is 4.65. The van der Waals surface area contributed by atoms with E-state index >= 15 is 0 Å². The van der Waals surface area contributed by atoms with Crippen molar-refractivity contribution in [1.29, 1.82) is 0 Å². The maximum atomic E-state index is 14.0. The minimum atomic E-state index is -0.681. The monoisotopic (exact) mass is 440 g/mol. The highest BCUT2D eigenvalue weighted by Gasteiger charge is 2.47. The number of allylic oxidation sites excluding steroid dienone is 2. The summed E-state index contributed by atoms with van der Waals surface area (Å²) in [6.45, 7) is 0. The van der Waals surface area contributed by atoms with Crippen LogP contribution in [0.25, 0.3) is 5.57 Å². The van der Waals surface area contributed by atoms with Crippen molar-refractivity contribution in [3.05, 3.63) is 148 Å². The number of hydrogen-bond acceptors (Lipinski definition) is 3. The number of ketones is 3. The fourth-order valence-corrected chi connectivity index (χ4v) is 5.40. The number of carbonyl (C=O) groups is 3. The summed E-state index contributed by atoms with van der Waals surface area (Å²) < 4.78 is 0. The van der Waals surface area contributed by atoms with Gasteiger partial charge in [0.1, 0.15) is 0 Å². The number of rotatable bonds is 3. The molecule has 0 aromatic heterocycles. The highest BCUT2D eigenvalue weighted by Crippen LogP contribution is 2.50. The third kappa shape index (κ3) is 2.94. The van der Waals surface area contributed by atoms with Crippen molar-refractivity contribution < 1.29 is 14.4 Å². The van der Waals surface area contributed by atoms with Gasteiger partial charge >= 0.3 is 0 Å². The van der Waals surface area contributed by atoms with Gasteiger partial charge in [-0.3, -0.25) is 14.4 Å². The quantitative estimate of drug-likeness (QED) is 0.283. The molecule has 0 aliphatic heterocycles. The highest BCUT2D eigenvalue weighted by atomic mass is 16.2. The number of Topliss-reactive ketones (excluding diaryl/α,β-unsaturated/α-hetero) is 3. The van der Waals surface area contributed by atoms with E-state index in [0.717, 1.165) is 11.1 Å². The number of fused-ring (bicyclic) bond motifs is 2. The van der Waals surface area contributed by atoms with Crippen LogP contribution in [0.15, 0.2) is 115 Å². The van der Waals surface area contributed by atoms with Gasteiger partial charge in [0.2, 0.25) is 0 Å². The van der Waals surface area contributed by atoms with E-state index in [-0.39, 0.29) is 28.8 Å². The molecule has 4 aromatic carbocycles. The van der Waals surface area contributed by atoms with Crippen LogP contribution in [0, 0.1) is 5.92 Å². The lowest BCUT2D eigenvalue weighted by Crippen LogP contribution is -2.22. The van der Waals surface area contributed by atoms with E-state index in [1.807, 2.05) is 78.9 Å². The van der Waals surface area contributed by atoms with Gasteiger partial charge in [-0.05, 0) is 22.3 Å². The molecule has 2 aliphatic carbocycles. The van der Waals surface area contributed by atoms with Gasteiger partial charge in [0, 0.05) is 22.6 Å². The maximum Gasteiger partial charge on any atom is 0.198 e. The van der Waals surface area contributed by atoms with Crippen molar-refractivity contribution in [2.24, 2.45) is 5.92 Å². The Balaban J connectivity index is 1.66. The van der Waals surface area contributed by atoms with E-state index < -0.39 is 5.92 Å². The van der Waals surface area contributed by atoms with Crippen molar-refractivity contribution in [2.75, 3.05) is 0 Å². The summed E-state index contributed by atoms with van der Waals surface area (Å²) in [4.78, 5) is 41.1. The number of benzene rings is 4. The molecule has 0 heterocycles. The molecule has 0 amide bonds. The second-order valence-electron chi connectivity index (χ2n) is 8.68. The predicted octanol–water partition coefficient (Wildman–Crippen LogP) is 6.16. The first kappa shape index (κ1) is 20.3. The largest absolute Gasteiger partial charge is 0.293 e. The van der Waals surface area contributed by atoms with Crippen molar-refractivity contribution in [3.63, 3.8) is 0 Å². The Bertz CT molecular complexity index is 1420. The average Bonchev–Trinajstić information content (AvgIpc) is 3.31. The molecule has 4 aromatic rings. The Morgan fingerprint density at radius 1 is 0.471 bits per heavy atom. The van der Waals surface area contributed by atoms with Crippen LogP contribution < -0.4 is 0 Å². The predicted molar refractivity (Wildman–Crippen MR) is 131 cm³/mol. The Hall–Kier alpha value is -4.37. The zero-order valence-electron chi connectivity index (χ0n) is 18.3. The SMILES string of the molecule is O=C1C(=C2c3ccccc3C(=O)C2C(c2ccccc2)c2ccccc2)C(=O)c2ccccc21. The summed E-state index contributed by atoms with van der Waals surface area (Å²) in [5.74, 6) is -1.68. The third-order valence-electron chi connectivity index (χ3n) is 6.87. The molecule has 1 atom stereocenters. The summed E-state index contributed by atoms with van der Waals surface area (Å²) in [7, 11) is 0. The number of carbonyl (C=O) groups excluding carboxylic acids is 3. The van der Waals surface area contributed by atoms with Crippen LogP contribution in [0.3, 0.4) is 0 Å². The Kier molecular flexibility index (Phi) is 4.70. The molecule has 34 heavy (non-hydrogen) atoms. The first-order chi connectivity index (χ1) is 16.7. The molecule has 162 valence electrons. The zero-order valence-corrected chi connectivity index (χ0v) is 18.3. The second-order valence-corrected chi connectivity index (χ2v) is 8.68. The summed E-state index contributed by atoms with van der Waals surface area (Å²) >= 11 is 0. The van der Waals surface area contributed by atoms with E-state index in [1.165, 1.54) is 0 Å². The van der Waals surface area contributed by atoms with Crippen LogP contribution in [-0.4, -0.2) is 17.3 Å². The minimum absolute atomic E-state index is 0.0626. The molecular formula is C31H20O3. The van der Waals surface area contributed by atoms with Crippen molar-refractivity contribution in [2.45, 2.75) is 5.92 Å². The molecule has 0 radical (unpaired) electrons. The van der Waals surface area contributed by atoms with Gasteiger partial charge in [0.15, 0.2) is 17.3 Å². The molecule has 3 nitrogen and oxygen atoms in total. The molecule has 0 spiro atoms. The fraction of sp³-hybridized carbons (Fsp3) is 0.0645. The zero-order chi connectivity index (χ0) is 23.2. The Morgan fingerprint density at radius 3 is 1.38 bits per heavy atom. The van der Waals surface area contributed by atoms with Crippen LogP contribution in [0.2, 0.25) is 0 Å². The van der Waals surface area contributed by atoms with Crippen LogP contribution in [0.1, 0.15) is 53.7 Å². The van der Waals surface area contributed by atoms with Gasteiger partial charge in [-0.25, -0.2) is 0 Å². The van der Waals surface area contributed by atoms with E-state index in [9.17, 15) is 14.4 Å². The molecule has 0 saturated heterocycles. The molecule has 0 saturated carbocycles. The van der Waals surface area contributed by atoms with Gasteiger partial charge < -0.3 is 0 Å². The van der Waals surface area contributed by atoms with Crippen molar-refractivity contribution in [1.82, 2.24) is 0 Å². The Labute approximate surface area is 197 Å². The van der Waals surface area contributed by atoms with Gasteiger partial charge in [-0.15, -0.1) is 0 Å². The van der Waals surface area contributed by atoms with Crippen LogP contribution >= 0.6 is 0 Å². The summed E-state index contributed by atoms with van der Waals surface area (Å²) in [6.07, 6.45) is 0. The van der Waals surface area contributed by atoms with Gasteiger partial charge in [-0.2, -0.15) is 0 Å².